The predicted molar refractivity (Wildman–Crippen MR) is 77.9 cm³/mol. The van der Waals surface area contributed by atoms with Crippen LogP contribution in [-0.4, -0.2) is 9.78 Å². The highest BCUT2D eigenvalue weighted by atomic mass is 35.5. The first kappa shape index (κ1) is 12.7. The van der Waals surface area contributed by atoms with Crippen LogP contribution in [0.5, 0.6) is 0 Å². The van der Waals surface area contributed by atoms with Crippen molar-refractivity contribution < 1.29 is 0 Å². The summed E-state index contributed by atoms with van der Waals surface area (Å²) in [6, 6.07) is 6.04. The lowest BCUT2D eigenvalue weighted by Crippen LogP contribution is -2.18. The van der Waals surface area contributed by atoms with Crippen LogP contribution in [0.15, 0.2) is 18.2 Å². The fourth-order valence-corrected chi connectivity index (χ4v) is 3.12. The number of rotatable bonds is 1. The van der Waals surface area contributed by atoms with Gasteiger partial charge in [0.15, 0.2) is 0 Å². The number of hydrogen-bond donors (Lipinski definition) is 1. The number of aryl methyl sites for hydroxylation is 2. The summed E-state index contributed by atoms with van der Waals surface area (Å²) in [4.78, 5) is 0. The third kappa shape index (κ3) is 2.07. The molecule has 1 unspecified atom stereocenters. The van der Waals surface area contributed by atoms with Crippen LogP contribution in [0.3, 0.4) is 0 Å². The standard InChI is InChI=1S/C15H18ClN3/c1-9-6-7-11(16)8-14(9)19-13-5-3-4-12(17)15(13)10(2)18-19/h6-8,12H,3-5,17H2,1-2H3. The second kappa shape index (κ2) is 4.66. The van der Waals surface area contributed by atoms with E-state index in [0.717, 1.165) is 35.7 Å². The van der Waals surface area contributed by atoms with Crippen LogP contribution in [0, 0.1) is 13.8 Å². The van der Waals surface area contributed by atoms with Crippen molar-refractivity contribution in [1.29, 1.82) is 0 Å². The highest BCUT2D eigenvalue weighted by Crippen LogP contribution is 2.33. The van der Waals surface area contributed by atoms with Crippen LogP contribution in [0.1, 0.15) is 41.4 Å². The summed E-state index contributed by atoms with van der Waals surface area (Å²) in [6.07, 6.45) is 3.21. The molecule has 1 atom stereocenters. The molecule has 0 saturated carbocycles. The lowest BCUT2D eigenvalue weighted by Gasteiger charge is -2.20. The number of fused-ring (bicyclic) bond motifs is 1. The average Bonchev–Trinajstić information content (AvgIpc) is 2.71. The molecular weight excluding hydrogens is 258 g/mol. The fraction of sp³-hybridized carbons (Fsp3) is 0.400. The van der Waals surface area contributed by atoms with Crippen molar-refractivity contribution in [2.24, 2.45) is 5.73 Å². The normalized spacial score (nSPS) is 18.4. The van der Waals surface area contributed by atoms with Gasteiger partial charge in [-0.2, -0.15) is 5.10 Å². The molecule has 0 spiro atoms. The van der Waals surface area contributed by atoms with Gasteiger partial charge in [-0.05, 0) is 50.8 Å². The van der Waals surface area contributed by atoms with Gasteiger partial charge in [0.05, 0.1) is 11.4 Å². The van der Waals surface area contributed by atoms with Gasteiger partial charge in [-0.15, -0.1) is 0 Å². The van der Waals surface area contributed by atoms with Gasteiger partial charge in [0.25, 0.3) is 0 Å². The van der Waals surface area contributed by atoms with Crippen molar-refractivity contribution in [3.8, 4) is 5.69 Å². The van der Waals surface area contributed by atoms with Gasteiger partial charge in [-0.3, -0.25) is 0 Å². The molecule has 2 aromatic rings. The van der Waals surface area contributed by atoms with E-state index in [2.05, 4.69) is 6.92 Å². The summed E-state index contributed by atoms with van der Waals surface area (Å²) >= 11 is 6.12. The molecule has 3 rings (SSSR count). The molecule has 0 aliphatic heterocycles. The Bertz CT molecular complexity index is 631. The van der Waals surface area contributed by atoms with E-state index in [9.17, 15) is 0 Å². The maximum absolute atomic E-state index is 6.23. The van der Waals surface area contributed by atoms with Gasteiger partial charge < -0.3 is 5.73 Å². The molecule has 1 aromatic heterocycles. The Morgan fingerprint density at radius 2 is 2.16 bits per heavy atom. The minimum absolute atomic E-state index is 0.122. The SMILES string of the molecule is Cc1ccc(Cl)cc1-n1nc(C)c2c1CCCC2N. The maximum atomic E-state index is 6.23. The second-order valence-corrected chi connectivity index (χ2v) is 5.72. The molecule has 3 nitrogen and oxygen atoms in total. The molecule has 0 radical (unpaired) electrons. The molecule has 0 bridgehead atoms. The minimum atomic E-state index is 0.122. The topological polar surface area (TPSA) is 43.8 Å². The van der Waals surface area contributed by atoms with Gasteiger partial charge in [0, 0.05) is 22.3 Å². The summed E-state index contributed by atoms with van der Waals surface area (Å²) in [7, 11) is 0. The maximum Gasteiger partial charge on any atom is 0.0692 e. The third-order valence-corrected chi connectivity index (χ3v) is 4.14. The second-order valence-electron chi connectivity index (χ2n) is 5.29. The highest BCUT2D eigenvalue weighted by molar-refractivity contribution is 6.30. The zero-order valence-corrected chi connectivity index (χ0v) is 12.0. The highest BCUT2D eigenvalue weighted by Gasteiger charge is 2.25. The van der Waals surface area contributed by atoms with Crippen LogP contribution >= 0.6 is 11.6 Å². The van der Waals surface area contributed by atoms with E-state index in [-0.39, 0.29) is 6.04 Å². The number of benzene rings is 1. The molecule has 0 saturated heterocycles. The first-order valence-corrected chi connectivity index (χ1v) is 7.06. The quantitative estimate of drug-likeness (QED) is 0.866. The molecule has 100 valence electrons. The lowest BCUT2D eigenvalue weighted by atomic mass is 9.91. The molecule has 1 aromatic carbocycles. The summed E-state index contributed by atoms with van der Waals surface area (Å²) < 4.78 is 2.03. The van der Waals surface area contributed by atoms with Gasteiger partial charge in [-0.25, -0.2) is 4.68 Å². The number of nitrogens with zero attached hydrogens (tertiary/aromatic N) is 2. The van der Waals surface area contributed by atoms with Crippen molar-refractivity contribution in [1.82, 2.24) is 9.78 Å². The molecule has 4 heteroatoms. The van der Waals surface area contributed by atoms with Crippen molar-refractivity contribution in [3.05, 3.63) is 45.7 Å². The number of aromatic nitrogens is 2. The number of nitrogens with two attached hydrogens (primary N) is 1. The zero-order valence-electron chi connectivity index (χ0n) is 11.3. The Hall–Kier alpha value is -1.32. The Labute approximate surface area is 118 Å². The van der Waals surface area contributed by atoms with Crippen molar-refractivity contribution in [2.45, 2.75) is 39.2 Å². The predicted octanol–water partition coefficient (Wildman–Crippen LogP) is 3.48. The van der Waals surface area contributed by atoms with E-state index in [0.29, 0.717) is 0 Å². The molecule has 1 aliphatic rings. The molecule has 1 aliphatic carbocycles. The van der Waals surface area contributed by atoms with Crippen LogP contribution in [0.2, 0.25) is 5.02 Å². The van der Waals surface area contributed by atoms with E-state index in [4.69, 9.17) is 22.4 Å². The van der Waals surface area contributed by atoms with E-state index in [1.54, 1.807) is 0 Å². The summed E-state index contributed by atoms with van der Waals surface area (Å²) in [5.41, 5.74) is 12.0. The zero-order chi connectivity index (χ0) is 13.6. The van der Waals surface area contributed by atoms with Crippen LogP contribution in [-0.2, 0) is 6.42 Å². The lowest BCUT2D eigenvalue weighted by molar-refractivity contribution is 0.556. The summed E-state index contributed by atoms with van der Waals surface area (Å²) in [5.74, 6) is 0. The van der Waals surface area contributed by atoms with Gasteiger partial charge in [-0.1, -0.05) is 17.7 Å². The molecule has 2 N–H and O–H groups in total. The Morgan fingerprint density at radius 1 is 1.37 bits per heavy atom. The van der Waals surface area contributed by atoms with E-state index < -0.39 is 0 Å². The van der Waals surface area contributed by atoms with Crippen LogP contribution in [0.25, 0.3) is 5.69 Å². The molecular formula is C15H18ClN3. The van der Waals surface area contributed by atoms with Gasteiger partial charge >= 0.3 is 0 Å². The molecule has 19 heavy (non-hydrogen) atoms. The largest absolute Gasteiger partial charge is 0.324 e. The monoisotopic (exact) mass is 275 g/mol. The van der Waals surface area contributed by atoms with Crippen molar-refractivity contribution in [2.75, 3.05) is 0 Å². The van der Waals surface area contributed by atoms with Crippen molar-refractivity contribution >= 4 is 11.6 Å². The Kier molecular flexibility index (Phi) is 3.11. The van der Waals surface area contributed by atoms with Gasteiger partial charge in [0.2, 0.25) is 0 Å². The first-order valence-electron chi connectivity index (χ1n) is 6.68. The number of hydrogen-bond acceptors (Lipinski definition) is 2. The Morgan fingerprint density at radius 3 is 2.95 bits per heavy atom. The molecule has 1 heterocycles. The summed E-state index contributed by atoms with van der Waals surface area (Å²) in [6.45, 7) is 4.12. The smallest absolute Gasteiger partial charge is 0.0692 e. The minimum Gasteiger partial charge on any atom is -0.324 e. The van der Waals surface area contributed by atoms with Gasteiger partial charge in [0.1, 0.15) is 0 Å². The summed E-state index contributed by atoms with van der Waals surface area (Å²) in [5, 5.41) is 5.43. The van der Waals surface area contributed by atoms with Crippen LogP contribution < -0.4 is 5.73 Å². The van der Waals surface area contributed by atoms with Crippen LogP contribution in [0.4, 0.5) is 0 Å². The first-order chi connectivity index (χ1) is 9.08. The average molecular weight is 276 g/mol. The number of halogens is 1. The molecule has 0 amide bonds. The van der Waals surface area contributed by atoms with Crippen molar-refractivity contribution in [3.63, 3.8) is 0 Å². The van der Waals surface area contributed by atoms with E-state index in [1.165, 1.54) is 16.8 Å². The Balaban J connectivity index is 2.21. The van der Waals surface area contributed by atoms with E-state index in [1.807, 2.05) is 29.8 Å². The molecule has 0 fully saturated rings. The fourth-order valence-electron chi connectivity index (χ4n) is 2.95. The third-order valence-electron chi connectivity index (χ3n) is 3.91. The van der Waals surface area contributed by atoms with E-state index >= 15 is 0 Å².